The van der Waals surface area contributed by atoms with Gasteiger partial charge in [0.15, 0.2) is 0 Å². The first-order valence-electron chi connectivity index (χ1n) is 7.08. The Morgan fingerprint density at radius 1 is 1.45 bits per heavy atom. The normalized spacial score (nSPS) is 23.6. The number of fused-ring (bicyclic) bond motifs is 2. The number of hydrogen-bond donors (Lipinski definition) is 1. The number of carbonyl (C=O) groups is 1. The minimum absolute atomic E-state index is 0.139. The maximum atomic E-state index is 11.0. The molecule has 2 aliphatic carbocycles. The number of rotatable bonds is 2. The molecule has 1 unspecified atom stereocenters. The zero-order valence-electron chi connectivity index (χ0n) is 11.3. The molecule has 0 bridgehead atoms. The van der Waals surface area contributed by atoms with Crippen LogP contribution in [-0.4, -0.2) is 21.0 Å². The van der Waals surface area contributed by atoms with Gasteiger partial charge >= 0.3 is 5.97 Å². The van der Waals surface area contributed by atoms with E-state index in [4.69, 9.17) is 5.11 Å². The number of aryl methyl sites for hydroxylation is 1. The highest BCUT2D eigenvalue weighted by Gasteiger charge is 2.45. The van der Waals surface area contributed by atoms with Gasteiger partial charge in [0.05, 0.1) is 0 Å². The molecule has 1 N–H and O–H groups in total. The number of aromatic nitrogens is 2. The molecule has 2 aromatic rings. The number of nitrogens with zero attached hydrogens (tertiary/aromatic N) is 2. The second-order valence-corrected chi connectivity index (χ2v) is 7.31. The summed E-state index contributed by atoms with van der Waals surface area (Å²) in [5.74, 6) is -0.207. The largest absolute Gasteiger partial charge is 0.476 e. The van der Waals surface area contributed by atoms with Crippen LogP contribution in [-0.2, 0) is 12.8 Å². The Morgan fingerprint density at radius 3 is 2.95 bits per heavy atom. The molecule has 2 aromatic heterocycles. The van der Waals surface area contributed by atoms with Crippen molar-refractivity contribution in [3.05, 3.63) is 22.3 Å². The fourth-order valence-electron chi connectivity index (χ4n) is 3.30. The van der Waals surface area contributed by atoms with Crippen LogP contribution in [0, 0.1) is 11.3 Å². The topological polar surface area (TPSA) is 63.1 Å². The van der Waals surface area contributed by atoms with Crippen molar-refractivity contribution < 1.29 is 9.90 Å². The summed E-state index contributed by atoms with van der Waals surface area (Å²) in [5.41, 5.74) is 3.72. The molecule has 0 spiro atoms. The van der Waals surface area contributed by atoms with Crippen LogP contribution in [0.3, 0.4) is 0 Å². The van der Waals surface area contributed by atoms with E-state index in [1.54, 1.807) is 0 Å². The fraction of sp³-hybridized carbons (Fsp3) is 0.533. The molecular formula is C15H16N2O2S. The minimum atomic E-state index is -0.964. The van der Waals surface area contributed by atoms with Gasteiger partial charge in [0.1, 0.15) is 10.3 Å². The van der Waals surface area contributed by atoms with Gasteiger partial charge in [-0.25, -0.2) is 14.8 Å². The Bertz CT molecular complexity index is 718. The molecule has 2 heterocycles. The number of thiazole rings is 1. The molecule has 0 amide bonds. The van der Waals surface area contributed by atoms with Gasteiger partial charge in [-0.2, -0.15) is 0 Å². The molecule has 0 aliphatic heterocycles. The fourth-order valence-corrected chi connectivity index (χ4v) is 4.08. The highest BCUT2D eigenvalue weighted by molar-refractivity contribution is 7.19. The van der Waals surface area contributed by atoms with Crippen molar-refractivity contribution in [3.8, 4) is 0 Å². The van der Waals surface area contributed by atoms with E-state index in [2.05, 4.69) is 23.0 Å². The average Bonchev–Trinajstić information content (AvgIpc) is 3.03. The van der Waals surface area contributed by atoms with E-state index < -0.39 is 5.97 Å². The Hall–Kier alpha value is -1.49. The molecule has 0 aromatic carbocycles. The Balaban J connectivity index is 1.74. The van der Waals surface area contributed by atoms with Crippen LogP contribution in [0.5, 0.6) is 0 Å². The average molecular weight is 288 g/mol. The van der Waals surface area contributed by atoms with E-state index in [9.17, 15) is 4.79 Å². The summed E-state index contributed by atoms with van der Waals surface area (Å²) >= 11 is 1.18. The molecule has 1 fully saturated rings. The van der Waals surface area contributed by atoms with Gasteiger partial charge in [-0.15, -0.1) is 0 Å². The lowest BCUT2D eigenvalue weighted by Gasteiger charge is -2.28. The van der Waals surface area contributed by atoms with Gasteiger partial charge in [-0.1, -0.05) is 18.3 Å². The van der Waals surface area contributed by atoms with Crippen LogP contribution >= 0.6 is 11.3 Å². The highest BCUT2D eigenvalue weighted by atomic mass is 32.1. The maximum Gasteiger partial charge on any atom is 0.365 e. The summed E-state index contributed by atoms with van der Waals surface area (Å²) in [6.45, 7) is 2.39. The first kappa shape index (κ1) is 12.3. The molecule has 1 saturated carbocycles. The number of carboxylic acids is 1. The Kier molecular flexibility index (Phi) is 2.46. The molecule has 20 heavy (non-hydrogen) atoms. The SMILES string of the molecule is CC1(C2CCc3nc4sc(C(=O)O)nc4cc3C2)CC1. The van der Waals surface area contributed by atoms with Gasteiger partial charge < -0.3 is 5.11 Å². The lowest BCUT2D eigenvalue weighted by atomic mass is 9.77. The molecule has 2 aliphatic rings. The zero-order chi connectivity index (χ0) is 13.9. The van der Waals surface area contributed by atoms with Crippen molar-refractivity contribution >= 4 is 27.7 Å². The van der Waals surface area contributed by atoms with Gasteiger partial charge in [0.2, 0.25) is 5.01 Å². The third-order valence-electron chi connectivity index (χ3n) is 4.96. The molecule has 0 radical (unpaired) electrons. The van der Waals surface area contributed by atoms with Crippen molar-refractivity contribution in [2.24, 2.45) is 11.3 Å². The van der Waals surface area contributed by atoms with Crippen molar-refractivity contribution in [2.45, 2.75) is 39.0 Å². The summed E-state index contributed by atoms with van der Waals surface area (Å²) in [4.78, 5) is 20.6. The van der Waals surface area contributed by atoms with Crippen molar-refractivity contribution in [3.63, 3.8) is 0 Å². The van der Waals surface area contributed by atoms with Crippen LogP contribution in [0.4, 0.5) is 0 Å². The monoisotopic (exact) mass is 288 g/mol. The molecule has 4 rings (SSSR count). The van der Waals surface area contributed by atoms with Gasteiger partial charge in [-0.3, -0.25) is 0 Å². The Labute approximate surface area is 120 Å². The van der Waals surface area contributed by atoms with E-state index >= 15 is 0 Å². The standard InChI is InChI=1S/C15H16N2O2S/c1-15(4-5-15)9-2-3-10-8(6-9)7-11-12(16-10)20-13(17-11)14(18)19/h7,9H,2-6H2,1H3,(H,18,19). The van der Waals surface area contributed by atoms with Crippen LogP contribution in [0.1, 0.15) is 47.2 Å². The summed E-state index contributed by atoms with van der Waals surface area (Å²) in [5, 5.41) is 9.17. The zero-order valence-corrected chi connectivity index (χ0v) is 12.2. The lowest BCUT2D eigenvalue weighted by Crippen LogP contribution is -2.22. The first-order valence-corrected chi connectivity index (χ1v) is 7.89. The predicted molar refractivity (Wildman–Crippen MR) is 77.2 cm³/mol. The summed E-state index contributed by atoms with van der Waals surface area (Å²) in [6, 6.07) is 2.07. The van der Waals surface area contributed by atoms with Crippen molar-refractivity contribution in [1.29, 1.82) is 0 Å². The number of aromatic carboxylic acids is 1. The molecule has 1 atom stereocenters. The number of carboxylic acid groups (broad SMARTS) is 1. The molecule has 4 nitrogen and oxygen atoms in total. The summed E-state index contributed by atoms with van der Waals surface area (Å²) in [7, 11) is 0. The van der Waals surface area contributed by atoms with Crippen LogP contribution < -0.4 is 0 Å². The van der Waals surface area contributed by atoms with Crippen molar-refractivity contribution in [2.75, 3.05) is 0 Å². The van der Waals surface area contributed by atoms with Crippen LogP contribution in [0.25, 0.3) is 10.3 Å². The molecular weight excluding hydrogens is 272 g/mol. The third-order valence-corrected chi connectivity index (χ3v) is 5.91. The molecule has 104 valence electrons. The highest BCUT2D eigenvalue weighted by Crippen LogP contribution is 2.55. The third kappa shape index (κ3) is 1.84. The Morgan fingerprint density at radius 2 is 2.25 bits per heavy atom. The van der Waals surface area contributed by atoms with Crippen LogP contribution in [0.2, 0.25) is 0 Å². The summed E-state index contributed by atoms with van der Waals surface area (Å²) < 4.78 is 0. The van der Waals surface area contributed by atoms with E-state index in [0.717, 1.165) is 34.8 Å². The second kappa shape index (κ2) is 4.01. The molecule has 5 heteroatoms. The quantitative estimate of drug-likeness (QED) is 0.921. The smallest absolute Gasteiger partial charge is 0.365 e. The predicted octanol–water partition coefficient (Wildman–Crippen LogP) is 3.29. The second-order valence-electron chi connectivity index (χ2n) is 6.34. The first-order chi connectivity index (χ1) is 9.55. The number of pyridine rings is 1. The minimum Gasteiger partial charge on any atom is -0.476 e. The lowest BCUT2D eigenvalue weighted by molar-refractivity contribution is 0.0696. The maximum absolute atomic E-state index is 11.0. The molecule has 0 saturated heterocycles. The summed E-state index contributed by atoms with van der Waals surface area (Å²) in [6.07, 6.45) is 6.01. The van der Waals surface area contributed by atoms with E-state index in [1.165, 1.54) is 36.2 Å². The van der Waals surface area contributed by atoms with Crippen molar-refractivity contribution in [1.82, 2.24) is 9.97 Å². The van der Waals surface area contributed by atoms with Gasteiger partial charge in [0, 0.05) is 5.69 Å². The van der Waals surface area contributed by atoms with E-state index in [-0.39, 0.29) is 5.01 Å². The van der Waals surface area contributed by atoms with E-state index in [0.29, 0.717) is 5.41 Å². The van der Waals surface area contributed by atoms with E-state index in [1.807, 2.05) is 0 Å². The van der Waals surface area contributed by atoms with Gasteiger partial charge in [-0.05, 0) is 55.1 Å². The van der Waals surface area contributed by atoms with Crippen LogP contribution in [0.15, 0.2) is 6.07 Å². The van der Waals surface area contributed by atoms with Gasteiger partial charge in [0.25, 0.3) is 0 Å². The number of hydrogen-bond acceptors (Lipinski definition) is 4.